The fraction of sp³-hybridized carbons (Fsp3) is 0.667. The second-order valence-corrected chi connectivity index (χ2v) is 3.45. The molecule has 1 aliphatic rings. The van der Waals surface area contributed by atoms with Crippen LogP contribution in [0.1, 0.15) is 12.8 Å². The highest BCUT2D eigenvalue weighted by Gasteiger charge is 2.14. The van der Waals surface area contributed by atoms with Gasteiger partial charge in [-0.25, -0.2) is 0 Å². The lowest BCUT2D eigenvalue weighted by Crippen LogP contribution is -2.28. The summed E-state index contributed by atoms with van der Waals surface area (Å²) in [6, 6.07) is 0.528. The van der Waals surface area contributed by atoms with Gasteiger partial charge >= 0.3 is 0 Å². The Morgan fingerprint density at radius 1 is 1.77 bits per heavy atom. The van der Waals surface area contributed by atoms with E-state index in [9.17, 15) is 0 Å². The minimum absolute atomic E-state index is 0.528. The van der Waals surface area contributed by atoms with Crippen LogP contribution in [0.25, 0.3) is 0 Å². The maximum absolute atomic E-state index is 5.56. The SMILES string of the molecule is Cn1cc(OC[C@H]2CCCN2)cn1. The Labute approximate surface area is 77.9 Å². The van der Waals surface area contributed by atoms with Gasteiger partial charge in [-0.1, -0.05) is 0 Å². The number of ether oxygens (including phenoxy) is 1. The molecule has 0 saturated carbocycles. The van der Waals surface area contributed by atoms with E-state index in [1.54, 1.807) is 10.9 Å². The van der Waals surface area contributed by atoms with E-state index in [2.05, 4.69) is 10.4 Å². The third-order valence-electron chi connectivity index (χ3n) is 2.29. The Balaban J connectivity index is 1.78. The standard InChI is InChI=1S/C9H15N3O/c1-12-6-9(5-11-12)13-7-8-3-2-4-10-8/h5-6,8,10H,2-4,7H2,1H3/t8-/m1/s1. The third-order valence-corrected chi connectivity index (χ3v) is 2.29. The Kier molecular flexibility index (Phi) is 2.49. The van der Waals surface area contributed by atoms with Crippen molar-refractivity contribution < 1.29 is 4.74 Å². The molecule has 0 bridgehead atoms. The van der Waals surface area contributed by atoms with Crippen molar-refractivity contribution in [2.75, 3.05) is 13.2 Å². The monoisotopic (exact) mass is 181 g/mol. The van der Waals surface area contributed by atoms with Crippen LogP contribution in [0, 0.1) is 0 Å². The quantitative estimate of drug-likeness (QED) is 0.740. The molecule has 0 amide bonds. The molecule has 4 heteroatoms. The maximum Gasteiger partial charge on any atom is 0.157 e. The number of rotatable bonds is 3. The van der Waals surface area contributed by atoms with Crippen LogP contribution in [0.5, 0.6) is 5.75 Å². The summed E-state index contributed by atoms with van der Waals surface area (Å²) in [5.74, 6) is 0.858. The fourth-order valence-corrected chi connectivity index (χ4v) is 1.57. The van der Waals surface area contributed by atoms with Crippen LogP contribution in [-0.2, 0) is 7.05 Å². The van der Waals surface area contributed by atoms with Crippen LogP contribution < -0.4 is 10.1 Å². The molecule has 0 aliphatic carbocycles. The Hall–Kier alpha value is -1.03. The fourth-order valence-electron chi connectivity index (χ4n) is 1.57. The normalized spacial score (nSPS) is 22.1. The van der Waals surface area contributed by atoms with Gasteiger partial charge in [0.05, 0.1) is 12.4 Å². The highest BCUT2D eigenvalue weighted by molar-refractivity contribution is 5.11. The predicted molar refractivity (Wildman–Crippen MR) is 49.7 cm³/mol. The smallest absolute Gasteiger partial charge is 0.157 e. The summed E-state index contributed by atoms with van der Waals surface area (Å²) in [4.78, 5) is 0. The lowest BCUT2D eigenvalue weighted by molar-refractivity contribution is 0.277. The summed E-state index contributed by atoms with van der Waals surface area (Å²) >= 11 is 0. The van der Waals surface area contributed by atoms with Crippen molar-refractivity contribution in [1.82, 2.24) is 15.1 Å². The van der Waals surface area contributed by atoms with Gasteiger partial charge in [0.15, 0.2) is 5.75 Å². The van der Waals surface area contributed by atoms with Gasteiger partial charge in [-0.2, -0.15) is 5.10 Å². The largest absolute Gasteiger partial charge is 0.489 e. The van der Waals surface area contributed by atoms with E-state index in [-0.39, 0.29) is 0 Å². The zero-order valence-electron chi connectivity index (χ0n) is 7.86. The first kappa shape index (κ1) is 8.56. The topological polar surface area (TPSA) is 39.1 Å². The summed E-state index contributed by atoms with van der Waals surface area (Å²) in [6.07, 6.45) is 6.12. The number of hydrogen-bond acceptors (Lipinski definition) is 3. The van der Waals surface area contributed by atoms with Gasteiger partial charge in [0, 0.05) is 13.1 Å². The molecule has 1 aromatic rings. The van der Waals surface area contributed by atoms with Gasteiger partial charge in [0.1, 0.15) is 6.61 Å². The van der Waals surface area contributed by atoms with Crippen LogP contribution in [0.15, 0.2) is 12.4 Å². The number of aromatic nitrogens is 2. The minimum Gasteiger partial charge on any atom is -0.489 e. The molecule has 4 nitrogen and oxygen atoms in total. The van der Waals surface area contributed by atoms with E-state index in [1.165, 1.54) is 12.8 Å². The van der Waals surface area contributed by atoms with Gasteiger partial charge < -0.3 is 10.1 Å². The van der Waals surface area contributed by atoms with E-state index in [4.69, 9.17) is 4.74 Å². The first-order chi connectivity index (χ1) is 6.34. The number of nitrogens with one attached hydrogen (secondary N) is 1. The van der Waals surface area contributed by atoms with Gasteiger partial charge in [0.25, 0.3) is 0 Å². The average molecular weight is 181 g/mol. The molecule has 2 rings (SSSR count). The molecule has 0 unspecified atom stereocenters. The molecule has 0 spiro atoms. The van der Waals surface area contributed by atoms with E-state index >= 15 is 0 Å². The van der Waals surface area contributed by atoms with E-state index < -0.39 is 0 Å². The molecule has 1 aromatic heterocycles. The van der Waals surface area contributed by atoms with E-state index in [1.807, 2.05) is 13.2 Å². The average Bonchev–Trinajstić information content (AvgIpc) is 2.71. The molecular weight excluding hydrogens is 166 g/mol. The summed E-state index contributed by atoms with van der Waals surface area (Å²) in [5, 5.41) is 7.41. The van der Waals surface area contributed by atoms with Crippen molar-refractivity contribution in [3.05, 3.63) is 12.4 Å². The highest BCUT2D eigenvalue weighted by Crippen LogP contribution is 2.10. The zero-order valence-corrected chi connectivity index (χ0v) is 7.86. The summed E-state index contributed by atoms with van der Waals surface area (Å²) in [7, 11) is 1.89. The first-order valence-corrected chi connectivity index (χ1v) is 4.69. The van der Waals surface area contributed by atoms with Gasteiger partial charge in [-0.05, 0) is 19.4 Å². The van der Waals surface area contributed by atoms with Crippen LogP contribution in [-0.4, -0.2) is 29.0 Å². The van der Waals surface area contributed by atoms with Crippen LogP contribution >= 0.6 is 0 Å². The Morgan fingerprint density at radius 2 is 2.69 bits per heavy atom. The zero-order chi connectivity index (χ0) is 9.10. The summed E-state index contributed by atoms with van der Waals surface area (Å²) in [6.45, 7) is 1.88. The van der Waals surface area contributed by atoms with E-state index in [0.29, 0.717) is 6.04 Å². The molecule has 1 fully saturated rings. The van der Waals surface area contributed by atoms with Gasteiger partial charge in [0.2, 0.25) is 0 Å². The molecular formula is C9H15N3O. The Morgan fingerprint density at radius 3 is 3.31 bits per heavy atom. The molecule has 2 heterocycles. The van der Waals surface area contributed by atoms with Crippen molar-refractivity contribution in [2.45, 2.75) is 18.9 Å². The predicted octanol–water partition coefficient (Wildman–Crippen LogP) is 0.551. The molecule has 1 atom stereocenters. The number of hydrogen-bond donors (Lipinski definition) is 1. The molecule has 0 radical (unpaired) electrons. The lowest BCUT2D eigenvalue weighted by Gasteiger charge is -2.09. The van der Waals surface area contributed by atoms with Crippen molar-refractivity contribution in [3.8, 4) is 5.75 Å². The molecule has 0 aromatic carbocycles. The summed E-state index contributed by atoms with van der Waals surface area (Å²) < 4.78 is 7.31. The molecule has 13 heavy (non-hydrogen) atoms. The van der Waals surface area contributed by atoms with Crippen molar-refractivity contribution in [2.24, 2.45) is 7.05 Å². The minimum atomic E-state index is 0.528. The molecule has 1 aliphatic heterocycles. The Bertz CT molecular complexity index is 266. The van der Waals surface area contributed by atoms with Crippen LogP contribution in [0.3, 0.4) is 0 Å². The molecule has 1 N–H and O–H groups in total. The van der Waals surface area contributed by atoms with Crippen LogP contribution in [0.2, 0.25) is 0 Å². The maximum atomic E-state index is 5.56. The number of aryl methyl sites for hydroxylation is 1. The van der Waals surface area contributed by atoms with E-state index in [0.717, 1.165) is 18.9 Å². The highest BCUT2D eigenvalue weighted by atomic mass is 16.5. The van der Waals surface area contributed by atoms with Gasteiger partial charge in [-0.3, -0.25) is 4.68 Å². The molecule has 1 saturated heterocycles. The van der Waals surface area contributed by atoms with Crippen molar-refractivity contribution in [3.63, 3.8) is 0 Å². The molecule has 72 valence electrons. The van der Waals surface area contributed by atoms with Crippen LogP contribution in [0.4, 0.5) is 0 Å². The second kappa shape index (κ2) is 3.79. The lowest BCUT2D eigenvalue weighted by atomic mass is 10.2. The van der Waals surface area contributed by atoms with Crippen molar-refractivity contribution >= 4 is 0 Å². The second-order valence-electron chi connectivity index (χ2n) is 3.45. The number of nitrogens with zero attached hydrogens (tertiary/aromatic N) is 2. The van der Waals surface area contributed by atoms with Gasteiger partial charge in [-0.15, -0.1) is 0 Å². The summed E-state index contributed by atoms with van der Waals surface area (Å²) in [5.41, 5.74) is 0. The third kappa shape index (κ3) is 2.21. The van der Waals surface area contributed by atoms with Crippen molar-refractivity contribution in [1.29, 1.82) is 0 Å². The first-order valence-electron chi connectivity index (χ1n) is 4.69.